The SMILES string of the molecule is C[n+]1c(SCC(=O)NN=Cc2cccc3ccccc23)[nH]c2ccccc21. The Kier molecular flexibility index (Phi) is 4.89. The van der Waals surface area contributed by atoms with Gasteiger partial charge in [-0.15, -0.1) is 0 Å². The van der Waals surface area contributed by atoms with Gasteiger partial charge in [0.25, 0.3) is 5.91 Å². The summed E-state index contributed by atoms with van der Waals surface area (Å²) in [5, 5.41) is 7.31. The zero-order valence-electron chi connectivity index (χ0n) is 14.8. The number of imidazole rings is 1. The number of nitrogens with one attached hydrogen (secondary N) is 2. The Labute approximate surface area is 161 Å². The molecule has 2 N–H and O–H groups in total. The van der Waals surface area contributed by atoms with E-state index in [0.29, 0.717) is 0 Å². The Morgan fingerprint density at radius 1 is 1.11 bits per heavy atom. The zero-order valence-corrected chi connectivity index (χ0v) is 15.7. The maximum Gasteiger partial charge on any atom is 0.317 e. The molecule has 0 unspecified atom stereocenters. The molecular formula is C21H19N4OS+. The summed E-state index contributed by atoms with van der Waals surface area (Å²) in [6.45, 7) is 0. The summed E-state index contributed by atoms with van der Waals surface area (Å²) in [5.41, 5.74) is 5.74. The maximum atomic E-state index is 12.1. The van der Waals surface area contributed by atoms with Gasteiger partial charge < -0.3 is 0 Å². The number of thioether (sulfide) groups is 1. The van der Waals surface area contributed by atoms with E-state index in [1.165, 1.54) is 11.8 Å². The minimum atomic E-state index is -0.143. The number of para-hydroxylation sites is 2. The highest BCUT2D eigenvalue weighted by Crippen LogP contribution is 2.17. The van der Waals surface area contributed by atoms with E-state index in [0.717, 1.165) is 32.5 Å². The maximum absolute atomic E-state index is 12.1. The van der Waals surface area contributed by atoms with Crippen molar-refractivity contribution in [3.63, 3.8) is 0 Å². The monoisotopic (exact) mass is 375 g/mol. The molecule has 1 aromatic heterocycles. The molecule has 0 atom stereocenters. The molecule has 0 aliphatic heterocycles. The molecule has 0 radical (unpaired) electrons. The molecule has 0 saturated carbocycles. The van der Waals surface area contributed by atoms with Crippen molar-refractivity contribution < 1.29 is 9.36 Å². The van der Waals surface area contributed by atoms with E-state index >= 15 is 0 Å². The number of hydrogen-bond acceptors (Lipinski definition) is 3. The molecule has 0 saturated heterocycles. The molecule has 0 aliphatic rings. The van der Waals surface area contributed by atoms with Crippen molar-refractivity contribution in [1.82, 2.24) is 10.4 Å². The molecule has 5 nitrogen and oxygen atoms in total. The average molecular weight is 375 g/mol. The van der Waals surface area contributed by atoms with Crippen LogP contribution in [0.25, 0.3) is 21.8 Å². The van der Waals surface area contributed by atoms with Crippen molar-refractivity contribution >= 4 is 45.7 Å². The van der Waals surface area contributed by atoms with Gasteiger partial charge in [-0.2, -0.15) is 5.10 Å². The fourth-order valence-electron chi connectivity index (χ4n) is 3.02. The molecule has 27 heavy (non-hydrogen) atoms. The molecule has 4 rings (SSSR count). The van der Waals surface area contributed by atoms with Crippen LogP contribution >= 0.6 is 11.8 Å². The average Bonchev–Trinajstić information content (AvgIpc) is 3.03. The number of carbonyl (C=O) groups is 1. The van der Waals surface area contributed by atoms with Gasteiger partial charge >= 0.3 is 5.16 Å². The second-order valence-corrected chi connectivity index (χ2v) is 7.12. The summed E-state index contributed by atoms with van der Waals surface area (Å²) in [6.07, 6.45) is 1.69. The van der Waals surface area contributed by atoms with E-state index < -0.39 is 0 Å². The number of carbonyl (C=O) groups excluding carboxylic acids is 1. The number of benzene rings is 3. The summed E-state index contributed by atoms with van der Waals surface area (Å²) in [6, 6.07) is 22.2. The van der Waals surface area contributed by atoms with E-state index in [-0.39, 0.29) is 11.7 Å². The lowest BCUT2D eigenvalue weighted by molar-refractivity contribution is -0.683. The van der Waals surface area contributed by atoms with Gasteiger partial charge in [-0.1, -0.05) is 54.6 Å². The fourth-order valence-corrected chi connectivity index (χ4v) is 3.82. The first kappa shape index (κ1) is 17.3. The fraction of sp³-hybridized carbons (Fsp3) is 0.0952. The van der Waals surface area contributed by atoms with Crippen molar-refractivity contribution in [2.45, 2.75) is 5.16 Å². The van der Waals surface area contributed by atoms with Crippen LogP contribution in [0.3, 0.4) is 0 Å². The third-order valence-corrected chi connectivity index (χ3v) is 5.42. The quantitative estimate of drug-likeness (QED) is 0.243. The molecule has 1 amide bonds. The third-order valence-electron chi connectivity index (χ3n) is 4.37. The highest BCUT2D eigenvalue weighted by Gasteiger charge is 2.16. The van der Waals surface area contributed by atoms with Crippen LogP contribution in [0.4, 0.5) is 0 Å². The number of aryl methyl sites for hydroxylation is 1. The van der Waals surface area contributed by atoms with Crippen LogP contribution in [-0.2, 0) is 11.8 Å². The first-order valence-corrected chi connectivity index (χ1v) is 9.60. The molecule has 3 aromatic carbocycles. The van der Waals surface area contributed by atoms with Gasteiger partial charge in [0.1, 0.15) is 0 Å². The van der Waals surface area contributed by atoms with Crippen LogP contribution in [0.1, 0.15) is 5.56 Å². The Bertz CT molecular complexity index is 1140. The van der Waals surface area contributed by atoms with Crippen molar-refractivity contribution in [2.24, 2.45) is 12.1 Å². The summed E-state index contributed by atoms with van der Waals surface area (Å²) < 4.78 is 2.05. The molecule has 6 heteroatoms. The Balaban J connectivity index is 1.39. The molecule has 0 aliphatic carbocycles. The van der Waals surface area contributed by atoms with Crippen molar-refractivity contribution in [3.05, 3.63) is 72.3 Å². The first-order chi connectivity index (χ1) is 13.2. The van der Waals surface area contributed by atoms with Crippen LogP contribution in [-0.4, -0.2) is 22.9 Å². The van der Waals surface area contributed by atoms with Gasteiger partial charge in [0.05, 0.1) is 19.0 Å². The van der Waals surface area contributed by atoms with Crippen molar-refractivity contribution in [2.75, 3.05) is 5.75 Å². The van der Waals surface area contributed by atoms with Crippen LogP contribution in [0.2, 0.25) is 0 Å². The normalized spacial score (nSPS) is 11.4. The van der Waals surface area contributed by atoms with E-state index in [4.69, 9.17) is 0 Å². The highest BCUT2D eigenvalue weighted by atomic mass is 32.2. The van der Waals surface area contributed by atoms with Gasteiger partial charge in [-0.3, -0.25) is 4.79 Å². The number of aromatic amines is 1. The zero-order chi connectivity index (χ0) is 18.6. The number of nitrogens with zero attached hydrogens (tertiary/aromatic N) is 2. The van der Waals surface area contributed by atoms with Crippen molar-refractivity contribution in [3.8, 4) is 0 Å². The van der Waals surface area contributed by atoms with Crippen LogP contribution < -0.4 is 9.99 Å². The lowest BCUT2D eigenvalue weighted by Gasteiger charge is -2.01. The minimum Gasteiger partial charge on any atom is -0.272 e. The molecule has 4 aromatic rings. The molecule has 0 fully saturated rings. The Hall–Kier alpha value is -3.12. The smallest absolute Gasteiger partial charge is 0.272 e. The molecular weight excluding hydrogens is 356 g/mol. The van der Waals surface area contributed by atoms with Gasteiger partial charge in [0, 0.05) is 5.56 Å². The van der Waals surface area contributed by atoms with E-state index in [9.17, 15) is 4.79 Å². The standard InChI is InChI=1S/C21H18N4OS/c1-25-19-12-5-4-11-18(19)23-21(25)27-14-20(26)24-22-13-16-9-6-8-15-7-2-3-10-17(15)16/h2-13H,14H2,1H3,(H,24,26)/p+1. The lowest BCUT2D eigenvalue weighted by atomic mass is 10.1. The number of rotatable bonds is 5. The highest BCUT2D eigenvalue weighted by molar-refractivity contribution is 7.99. The number of aromatic nitrogens is 2. The van der Waals surface area contributed by atoms with E-state index in [1.54, 1.807) is 6.21 Å². The summed E-state index contributed by atoms with van der Waals surface area (Å²) in [5.74, 6) is 0.142. The van der Waals surface area contributed by atoms with Crippen LogP contribution in [0.15, 0.2) is 77.0 Å². The number of fused-ring (bicyclic) bond motifs is 2. The van der Waals surface area contributed by atoms with Gasteiger partial charge in [-0.25, -0.2) is 15.0 Å². The van der Waals surface area contributed by atoms with E-state index in [1.807, 2.05) is 66.2 Å². The topological polar surface area (TPSA) is 61.1 Å². The van der Waals surface area contributed by atoms with Crippen LogP contribution in [0, 0.1) is 0 Å². The predicted molar refractivity (Wildman–Crippen MR) is 110 cm³/mol. The summed E-state index contributed by atoms with van der Waals surface area (Å²) >= 11 is 1.45. The third kappa shape index (κ3) is 3.71. The first-order valence-electron chi connectivity index (χ1n) is 8.61. The molecule has 0 bridgehead atoms. The Morgan fingerprint density at radius 3 is 2.78 bits per heavy atom. The van der Waals surface area contributed by atoms with E-state index in [2.05, 4.69) is 27.6 Å². The Morgan fingerprint density at radius 2 is 1.89 bits per heavy atom. The number of hydrazone groups is 1. The van der Waals surface area contributed by atoms with Crippen LogP contribution in [0.5, 0.6) is 0 Å². The number of hydrogen-bond donors (Lipinski definition) is 2. The molecule has 134 valence electrons. The minimum absolute atomic E-state index is 0.143. The number of H-pyrrole nitrogens is 1. The summed E-state index contributed by atoms with van der Waals surface area (Å²) in [7, 11) is 1.98. The predicted octanol–water partition coefficient (Wildman–Crippen LogP) is 3.39. The largest absolute Gasteiger partial charge is 0.317 e. The molecule has 1 heterocycles. The van der Waals surface area contributed by atoms with Gasteiger partial charge in [0.15, 0.2) is 11.0 Å². The van der Waals surface area contributed by atoms with Gasteiger partial charge in [-0.05, 0) is 34.7 Å². The number of amides is 1. The molecule has 0 spiro atoms. The van der Waals surface area contributed by atoms with Crippen molar-refractivity contribution in [1.29, 1.82) is 0 Å². The lowest BCUT2D eigenvalue weighted by Crippen LogP contribution is -2.30. The second kappa shape index (κ2) is 7.63. The summed E-state index contributed by atoms with van der Waals surface area (Å²) in [4.78, 5) is 15.5. The second-order valence-electron chi connectivity index (χ2n) is 6.16. The van der Waals surface area contributed by atoms with Gasteiger partial charge in [0.2, 0.25) is 0 Å².